The second-order valence-electron chi connectivity index (χ2n) is 5.83. The summed E-state index contributed by atoms with van der Waals surface area (Å²) in [4.78, 5) is 0. The van der Waals surface area contributed by atoms with E-state index in [-0.39, 0.29) is 6.04 Å². The van der Waals surface area contributed by atoms with E-state index < -0.39 is 0 Å². The lowest BCUT2D eigenvalue weighted by atomic mass is 10.00. The van der Waals surface area contributed by atoms with E-state index in [1.165, 1.54) is 11.1 Å². The Bertz CT molecular complexity index is 593. The first-order chi connectivity index (χ1) is 9.95. The van der Waals surface area contributed by atoms with Gasteiger partial charge in [0.1, 0.15) is 0 Å². The van der Waals surface area contributed by atoms with Gasteiger partial charge in [0.25, 0.3) is 0 Å². The molecule has 2 aromatic carbocycles. The Kier molecular flexibility index (Phi) is 5.72. The summed E-state index contributed by atoms with van der Waals surface area (Å²) in [5.74, 6) is 0.687. The van der Waals surface area contributed by atoms with Gasteiger partial charge in [-0.15, -0.1) is 0 Å². The molecule has 0 aromatic heterocycles. The van der Waals surface area contributed by atoms with Gasteiger partial charge in [-0.1, -0.05) is 65.6 Å². The molecule has 0 amide bonds. The van der Waals surface area contributed by atoms with E-state index in [1.807, 2.05) is 18.2 Å². The van der Waals surface area contributed by atoms with Crippen molar-refractivity contribution in [1.29, 1.82) is 0 Å². The van der Waals surface area contributed by atoms with E-state index in [0.717, 1.165) is 21.6 Å². The molecule has 0 saturated carbocycles. The molecule has 0 aliphatic carbocycles. The molecule has 0 heterocycles. The topological polar surface area (TPSA) is 12.0 Å². The van der Waals surface area contributed by atoms with Crippen LogP contribution in [-0.2, 0) is 6.42 Å². The van der Waals surface area contributed by atoms with E-state index in [1.54, 1.807) is 0 Å². The van der Waals surface area contributed by atoms with Gasteiger partial charge < -0.3 is 5.32 Å². The summed E-state index contributed by atoms with van der Waals surface area (Å²) in [6.45, 7) is 6.63. The Hall–Kier alpha value is -0.990. The molecule has 0 saturated heterocycles. The van der Waals surface area contributed by atoms with Crippen molar-refractivity contribution in [1.82, 2.24) is 0 Å². The highest BCUT2D eigenvalue weighted by Crippen LogP contribution is 2.29. The minimum atomic E-state index is 0.213. The molecule has 2 aromatic rings. The average molecular weight is 367 g/mol. The van der Waals surface area contributed by atoms with Gasteiger partial charge in [0.2, 0.25) is 0 Å². The number of halogens is 2. The number of nitrogens with one attached hydrogen (secondary N) is 1. The van der Waals surface area contributed by atoms with Crippen molar-refractivity contribution in [3.63, 3.8) is 0 Å². The fraction of sp³-hybridized carbons (Fsp3) is 0.333. The minimum Gasteiger partial charge on any atom is -0.377 e. The van der Waals surface area contributed by atoms with Crippen molar-refractivity contribution in [2.45, 2.75) is 33.2 Å². The Morgan fingerprint density at radius 3 is 2.33 bits per heavy atom. The van der Waals surface area contributed by atoms with Crippen molar-refractivity contribution in [3.05, 3.63) is 63.1 Å². The van der Waals surface area contributed by atoms with E-state index in [2.05, 4.69) is 66.3 Å². The van der Waals surface area contributed by atoms with Gasteiger partial charge in [0, 0.05) is 10.5 Å². The molecule has 112 valence electrons. The van der Waals surface area contributed by atoms with E-state index >= 15 is 0 Å². The highest BCUT2D eigenvalue weighted by molar-refractivity contribution is 9.10. The monoisotopic (exact) mass is 365 g/mol. The molecule has 1 N–H and O–H groups in total. The van der Waals surface area contributed by atoms with Crippen LogP contribution >= 0.6 is 27.5 Å². The zero-order valence-electron chi connectivity index (χ0n) is 12.7. The van der Waals surface area contributed by atoms with Crippen molar-refractivity contribution < 1.29 is 0 Å². The molecule has 1 unspecified atom stereocenters. The summed E-state index contributed by atoms with van der Waals surface area (Å²) in [5, 5.41) is 4.20. The van der Waals surface area contributed by atoms with Crippen LogP contribution in [0.25, 0.3) is 0 Å². The molecule has 0 bridgehead atoms. The summed E-state index contributed by atoms with van der Waals surface area (Å²) in [5.41, 5.74) is 3.60. The quantitative estimate of drug-likeness (QED) is 0.639. The Morgan fingerprint density at radius 2 is 1.71 bits per heavy atom. The van der Waals surface area contributed by atoms with Crippen molar-refractivity contribution in [2.75, 3.05) is 5.32 Å². The second kappa shape index (κ2) is 7.33. The Balaban J connectivity index is 2.09. The number of hydrogen-bond acceptors (Lipinski definition) is 1. The molecule has 21 heavy (non-hydrogen) atoms. The van der Waals surface area contributed by atoms with Gasteiger partial charge in [-0.05, 0) is 48.6 Å². The molecule has 0 radical (unpaired) electrons. The fourth-order valence-corrected chi connectivity index (χ4v) is 2.87. The van der Waals surface area contributed by atoms with E-state index in [0.29, 0.717) is 5.92 Å². The minimum absolute atomic E-state index is 0.213. The maximum atomic E-state index is 6.23. The Labute approximate surface area is 140 Å². The summed E-state index contributed by atoms with van der Waals surface area (Å²) in [6.07, 6.45) is 1.12. The van der Waals surface area contributed by atoms with Crippen LogP contribution in [0.15, 0.2) is 46.9 Å². The highest BCUT2D eigenvalue weighted by Gasteiger charge is 2.08. The molecular weight excluding hydrogens is 346 g/mol. The first-order valence-corrected chi connectivity index (χ1v) is 8.43. The normalized spacial score (nSPS) is 12.5. The molecule has 0 spiro atoms. The lowest BCUT2D eigenvalue weighted by Crippen LogP contribution is -2.07. The smallest absolute Gasteiger partial charge is 0.0638 e. The number of hydrogen-bond donors (Lipinski definition) is 1. The van der Waals surface area contributed by atoms with Crippen molar-refractivity contribution in [3.8, 4) is 0 Å². The van der Waals surface area contributed by atoms with Crippen LogP contribution < -0.4 is 5.32 Å². The lowest BCUT2D eigenvalue weighted by Gasteiger charge is -2.17. The zero-order chi connectivity index (χ0) is 15.4. The second-order valence-corrected chi connectivity index (χ2v) is 7.15. The van der Waals surface area contributed by atoms with Gasteiger partial charge in [-0.25, -0.2) is 0 Å². The molecule has 3 heteroatoms. The van der Waals surface area contributed by atoms with E-state index in [9.17, 15) is 0 Å². The van der Waals surface area contributed by atoms with Gasteiger partial charge in [-0.3, -0.25) is 0 Å². The standard InChI is InChI=1S/C18H21BrClN/c1-12(2)10-14-4-6-15(7-5-14)13(3)21-18-11-16(19)8-9-17(18)20/h4-9,11-13,21H,10H2,1-3H3. The van der Waals surface area contributed by atoms with Crippen LogP contribution in [0, 0.1) is 5.92 Å². The van der Waals surface area contributed by atoms with Gasteiger partial charge in [0.05, 0.1) is 10.7 Å². The third-order valence-electron chi connectivity index (χ3n) is 3.42. The van der Waals surface area contributed by atoms with Crippen LogP contribution in [0.5, 0.6) is 0 Å². The fourth-order valence-electron chi connectivity index (χ4n) is 2.34. The average Bonchev–Trinajstić information content (AvgIpc) is 2.43. The first-order valence-electron chi connectivity index (χ1n) is 7.26. The molecule has 1 nitrogen and oxygen atoms in total. The highest BCUT2D eigenvalue weighted by atomic mass is 79.9. The summed E-state index contributed by atoms with van der Waals surface area (Å²) < 4.78 is 1.02. The van der Waals surface area contributed by atoms with E-state index in [4.69, 9.17) is 11.6 Å². The predicted octanol–water partition coefficient (Wildman–Crippen LogP) is 6.47. The maximum absolute atomic E-state index is 6.23. The lowest BCUT2D eigenvalue weighted by molar-refractivity contribution is 0.647. The molecular formula is C18H21BrClN. The van der Waals surface area contributed by atoms with Crippen LogP contribution in [-0.4, -0.2) is 0 Å². The largest absolute Gasteiger partial charge is 0.377 e. The maximum Gasteiger partial charge on any atom is 0.0638 e. The molecule has 0 aliphatic rings. The third-order valence-corrected chi connectivity index (χ3v) is 4.25. The summed E-state index contributed by atoms with van der Waals surface area (Å²) >= 11 is 9.70. The SMILES string of the molecule is CC(C)Cc1ccc(C(C)Nc2cc(Br)ccc2Cl)cc1. The number of rotatable bonds is 5. The Morgan fingerprint density at radius 1 is 1.05 bits per heavy atom. The first kappa shape index (κ1) is 16.4. The van der Waals surface area contributed by atoms with Crippen molar-refractivity contribution >= 4 is 33.2 Å². The predicted molar refractivity (Wildman–Crippen MR) is 96.2 cm³/mol. The molecule has 0 aliphatic heterocycles. The molecule has 1 atom stereocenters. The molecule has 2 rings (SSSR count). The van der Waals surface area contributed by atoms with Gasteiger partial charge in [-0.2, -0.15) is 0 Å². The molecule has 0 fully saturated rings. The number of anilines is 1. The summed E-state index contributed by atoms with van der Waals surface area (Å²) in [6, 6.07) is 14.9. The van der Waals surface area contributed by atoms with Crippen LogP contribution in [0.2, 0.25) is 5.02 Å². The number of benzene rings is 2. The zero-order valence-corrected chi connectivity index (χ0v) is 15.0. The van der Waals surface area contributed by atoms with Crippen molar-refractivity contribution in [2.24, 2.45) is 5.92 Å². The van der Waals surface area contributed by atoms with Crippen LogP contribution in [0.1, 0.15) is 37.9 Å². The van der Waals surface area contributed by atoms with Gasteiger partial charge in [0.15, 0.2) is 0 Å². The van der Waals surface area contributed by atoms with Crippen LogP contribution in [0.3, 0.4) is 0 Å². The summed E-state index contributed by atoms with van der Waals surface area (Å²) in [7, 11) is 0. The third kappa shape index (κ3) is 4.76. The van der Waals surface area contributed by atoms with Crippen LogP contribution in [0.4, 0.5) is 5.69 Å². The van der Waals surface area contributed by atoms with Gasteiger partial charge >= 0.3 is 0 Å².